The molecule has 4 heterocycles. The first-order valence-corrected chi connectivity index (χ1v) is 10.1. The molecule has 0 bridgehead atoms. The van der Waals surface area contributed by atoms with Gasteiger partial charge in [0.25, 0.3) is 0 Å². The zero-order valence-electron chi connectivity index (χ0n) is 19.1. The normalized spacial score (nSPS) is 17.9. The number of rotatable bonds is 4. The predicted molar refractivity (Wildman–Crippen MR) is 110 cm³/mol. The molecule has 0 unspecified atom stereocenters. The topological polar surface area (TPSA) is 143 Å². The Balaban J connectivity index is 1.56. The number of aromatic nitrogens is 3. The van der Waals surface area contributed by atoms with Crippen LogP contribution in [0.2, 0.25) is 0 Å². The number of carbonyl (C=O) groups is 2. The molecular weight excluding hydrogens is 436 g/mol. The van der Waals surface area contributed by atoms with Crippen LogP contribution in [0.4, 0.5) is 4.79 Å². The van der Waals surface area contributed by atoms with E-state index in [0.29, 0.717) is 5.69 Å². The number of hydrogen-bond donors (Lipinski definition) is 0. The van der Waals surface area contributed by atoms with E-state index in [9.17, 15) is 9.59 Å². The van der Waals surface area contributed by atoms with Crippen molar-refractivity contribution >= 4 is 12.1 Å². The highest BCUT2D eigenvalue weighted by molar-refractivity contribution is 5.87. The van der Waals surface area contributed by atoms with Gasteiger partial charge >= 0.3 is 12.1 Å². The third-order valence-electron chi connectivity index (χ3n) is 4.72. The van der Waals surface area contributed by atoms with Crippen molar-refractivity contribution in [1.29, 1.82) is 0 Å². The van der Waals surface area contributed by atoms with Gasteiger partial charge in [0.05, 0.1) is 13.7 Å². The number of amides is 1. The van der Waals surface area contributed by atoms with Crippen LogP contribution in [0.5, 0.6) is 0 Å². The first kappa shape index (κ1) is 22.5. The summed E-state index contributed by atoms with van der Waals surface area (Å²) in [5.74, 6) is -0.174. The minimum absolute atomic E-state index is 0.00635. The lowest BCUT2D eigenvalue weighted by Crippen LogP contribution is -2.47. The van der Waals surface area contributed by atoms with Gasteiger partial charge in [-0.15, -0.1) is 0 Å². The fourth-order valence-electron chi connectivity index (χ4n) is 3.26. The Hall–Kier alpha value is -3.67. The molecule has 0 N–H and O–H groups in total. The summed E-state index contributed by atoms with van der Waals surface area (Å²) in [5.41, 5.74) is -1.04. The molecule has 1 aliphatic heterocycles. The summed E-state index contributed by atoms with van der Waals surface area (Å²) < 4.78 is 32.3. The van der Waals surface area contributed by atoms with Crippen molar-refractivity contribution in [2.45, 2.75) is 52.0 Å². The third kappa shape index (κ3) is 4.46. The van der Waals surface area contributed by atoms with Crippen LogP contribution in [-0.2, 0) is 14.2 Å². The zero-order chi connectivity index (χ0) is 24.0. The molecule has 1 aliphatic rings. The number of oxazole rings is 3. The summed E-state index contributed by atoms with van der Waals surface area (Å²) in [6, 6.07) is -0.604. The number of ether oxygens (including phenoxy) is 3. The van der Waals surface area contributed by atoms with Crippen LogP contribution in [0, 0.1) is 0 Å². The molecule has 0 saturated carbocycles. The molecule has 1 saturated heterocycles. The van der Waals surface area contributed by atoms with E-state index in [-0.39, 0.29) is 35.7 Å². The largest absolute Gasteiger partial charge is 0.464 e. The Morgan fingerprint density at radius 3 is 2.36 bits per heavy atom. The molecule has 0 radical (unpaired) electrons. The molecule has 4 rings (SSSR count). The van der Waals surface area contributed by atoms with Gasteiger partial charge in [0, 0.05) is 0 Å². The van der Waals surface area contributed by atoms with Gasteiger partial charge in [-0.05, 0) is 34.6 Å². The zero-order valence-corrected chi connectivity index (χ0v) is 19.1. The first-order valence-electron chi connectivity index (χ1n) is 10.1. The summed E-state index contributed by atoms with van der Waals surface area (Å²) in [4.78, 5) is 38.6. The highest BCUT2D eigenvalue weighted by Crippen LogP contribution is 2.38. The molecule has 1 fully saturated rings. The summed E-state index contributed by atoms with van der Waals surface area (Å²) >= 11 is 0. The molecule has 176 valence electrons. The standard InChI is InChI=1S/C21H24N4O8/c1-20(2,3)33-19(27)25-14(10-32-21(25,4)5)17-23-12(8-31-17)15-22-11(7-29-15)16-24-13(9-30-16)18(26)28-6/h7-9,14H,10H2,1-6H3/t14-/m0/s1. The van der Waals surface area contributed by atoms with Crippen LogP contribution in [0.3, 0.4) is 0 Å². The Bertz CT molecular complexity index is 1170. The Kier molecular flexibility index (Phi) is 5.48. The Labute approximate surface area is 188 Å². The predicted octanol–water partition coefficient (Wildman–Crippen LogP) is 3.82. The van der Waals surface area contributed by atoms with Crippen molar-refractivity contribution in [3.05, 3.63) is 30.4 Å². The van der Waals surface area contributed by atoms with Gasteiger partial charge in [-0.1, -0.05) is 0 Å². The number of hydrogen-bond acceptors (Lipinski definition) is 11. The fraction of sp³-hybridized carbons (Fsp3) is 0.476. The van der Waals surface area contributed by atoms with Gasteiger partial charge in [0.2, 0.25) is 17.7 Å². The number of methoxy groups -OCH3 is 1. The maximum absolute atomic E-state index is 12.8. The molecule has 1 atom stereocenters. The molecule has 1 amide bonds. The van der Waals surface area contributed by atoms with Crippen molar-refractivity contribution in [2.75, 3.05) is 13.7 Å². The second-order valence-electron chi connectivity index (χ2n) is 8.76. The van der Waals surface area contributed by atoms with Crippen LogP contribution in [0.15, 0.2) is 32.0 Å². The molecule has 12 heteroatoms. The second-order valence-corrected chi connectivity index (χ2v) is 8.76. The molecular formula is C21H24N4O8. The molecule has 3 aromatic rings. The molecule has 0 aromatic carbocycles. The second kappa shape index (κ2) is 8.03. The number of esters is 1. The lowest BCUT2D eigenvalue weighted by Gasteiger charge is -2.34. The van der Waals surface area contributed by atoms with Gasteiger partial charge in [0.1, 0.15) is 36.2 Å². The summed E-state index contributed by atoms with van der Waals surface area (Å²) in [6.45, 7) is 9.07. The van der Waals surface area contributed by atoms with E-state index < -0.39 is 29.4 Å². The van der Waals surface area contributed by atoms with Crippen molar-refractivity contribution < 1.29 is 37.1 Å². The lowest BCUT2D eigenvalue weighted by atomic mass is 10.2. The average molecular weight is 460 g/mol. The molecule has 12 nitrogen and oxygen atoms in total. The minimum atomic E-state index is -0.917. The van der Waals surface area contributed by atoms with Gasteiger partial charge in [-0.25, -0.2) is 24.5 Å². The number of carbonyl (C=O) groups excluding carboxylic acids is 2. The molecule has 0 aliphatic carbocycles. The van der Waals surface area contributed by atoms with Gasteiger partial charge in [-0.2, -0.15) is 0 Å². The van der Waals surface area contributed by atoms with Gasteiger partial charge in [-0.3, -0.25) is 4.90 Å². The first-order chi connectivity index (χ1) is 15.5. The van der Waals surface area contributed by atoms with Crippen LogP contribution >= 0.6 is 0 Å². The molecule has 3 aromatic heterocycles. The van der Waals surface area contributed by atoms with Crippen LogP contribution in [0.1, 0.15) is 57.0 Å². The summed E-state index contributed by atoms with van der Waals surface area (Å²) in [7, 11) is 1.24. The van der Waals surface area contributed by atoms with Crippen molar-refractivity contribution in [1.82, 2.24) is 19.9 Å². The van der Waals surface area contributed by atoms with E-state index >= 15 is 0 Å². The van der Waals surface area contributed by atoms with Gasteiger partial charge < -0.3 is 27.5 Å². The van der Waals surface area contributed by atoms with E-state index in [1.54, 1.807) is 34.6 Å². The average Bonchev–Trinajstić information content (AvgIpc) is 3.49. The quantitative estimate of drug-likeness (QED) is 0.524. The van der Waals surface area contributed by atoms with Gasteiger partial charge in [0.15, 0.2) is 17.1 Å². The van der Waals surface area contributed by atoms with E-state index in [2.05, 4.69) is 19.7 Å². The lowest BCUT2D eigenvalue weighted by molar-refractivity contribution is -0.0634. The number of nitrogens with zero attached hydrogens (tertiary/aromatic N) is 4. The monoisotopic (exact) mass is 460 g/mol. The highest BCUT2D eigenvalue weighted by atomic mass is 16.6. The smallest absolute Gasteiger partial charge is 0.413 e. The van der Waals surface area contributed by atoms with E-state index in [0.717, 1.165) is 6.26 Å². The Morgan fingerprint density at radius 2 is 1.67 bits per heavy atom. The van der Waals surface area contributed by atoms with Crippen LogP contribution in [-0.4, -0.2) is 57.0 Å². The summed E-state index contributed by atoms with van der Waals surface area (Å²) in [5, 5.41) is 0. The maximum Gasteiger partial charge on any atom is 0.413 e. The minimum Gasteiger partial charge on any atom is -0.464 e. The van der Waals surface area contributed by atoms with Crippen molar-refractivity contribution in [2.24, 2.45) is 0 Å². The van der Waals surface area contributed by atoms with E-state index in [1.165, 1.54) is 24.5 Å². The third-order valence-corrected chi connectivity index (χ3v) is 4.72. The van der Waals surface area contributed by atoms with E-state index in [4.69, 9.17) is 22.7 Å². The maximum atomic E-state index is 12.8. The molecule has 0 spiro atoms. The van der Waals surface area contributed by atoms with Crippen molar-refractivity contribution in [3.8, 4) is 23.2 Å². The van der Waals surface area contributed by atoms with E-state index in [1.807, 2.05) is 0 Å². The summed E-state index contributed by atoms with van der Waals surface area (Å²) in [6.07, 6.45) is 3.29. The highest BCUT2D eigenvalue weighted by Gasteiger charge is 2.48. The van der Waals surface area contributed by atoms with Crippen LogP contribution in [0.25, 0.3) is 23.2 Å². The van der Waals surface area contributed by atoms with Crippen molar-refractivity contribution in [3.63, 3.8) is 0 Å². The SMILES string of the molecule is COC(=O)c1coc(-c2coc(-c3coc([C@@H]4COC(C)(C)N4C(=O)OC(C)(C)C)n3)n2)n1. The molecule has 33 heavy (non-hydrogen) atoms. The van der Waals surface area contributed by atoms with Crippen LogP contribution < -0.4 is 0 Å². The fourth-order valence-corrected chi connectivity index (χ4v) is 3.26. The Morgan fingerprint density at radius 1 is 1.03 bits per heavy atom.